The first-order chi connectivity index (χ1) is 16.1. The molecule has 179 valence electrons. The van der Waals surface area contributed by atoms with Crippen molar-refractivity contribution in [3.63, 3.8) is 0 Å². The predicted octanol–water partition coefficient (Wildman–Crippen LogP) is 3.43. The third-order valence-electron chi connectivity index (χ3n) is 6.13. The number of likely N-dealkylation sites (N-methyl/N-ethyl adjacent to an activating group) is 2. The third kappa shape index (κ3) is 5.34. The molecule has 2 amide bonds. The van der Waals surface area contributed by atoms with Crippen LogP contribution in [0.1, 0.15) is 30.9 Å². The van der Waals surface area contributed by atoms with E-state index in [1.54, 1.807) is 31.1 Å². The number of amides is 2. The van der Waals surface area contributed by atoms with Crippen LogP contribution in [-0.4, -0.2) is 78.3 Å². The van der Waals surface area contributed by atoms with Gasteiger partial charge in [-0.3, -0.25) is 24.6 Å². The molecule has 1 radical (unpaired) electrons. The smallest absolute Gasteiger partial charge is 0.285 e. The Labute approximate surface area is 200 Å². The van der Waals surface area contributed by atoms with E-state index in [0.717, 1.165) is 11.1 Å². The zero-order chi connectivity index (χ0) is 25.0. The van der Waals surface area contributed by atoms with Gasteiger partial charge in [0.15, 0.2) is 0 Å². The number of rotatable bonds is 6. The first-order valence-electron chi connectivity index (χ1n) is 11.3. The second kappa shape index (κ2) is 10.6. The molecule has 0 bridgehead atoms. The maximum absolute atomic E-state index is 13.0. The molecule has 1 aliphatic heterocycles. The normalized spacial score (nSPS) is 16.8. The van der Waals surface area contributed by atoms with Crippen LogP contribution in [0, 0.1) is 16.2 Å². The molecule has 0 N–H and O–H groups in total. The lowest BCUT2D eigenvalue weighted by atomic mass is 9.89. The van der Waals surface area contributed by atoms with Gasteiger partial charge in [0.2, 0.25) is 11.8 Å². The van der Waals surface area contributed by atoms with Crippen LogP contribution >= 0.6 is 0 Å². The summed E-state index contributed by atoms with van der Waals surface area (Å²) in [5.74, 6) is -0.125. The number of nitro groups is 1. The van der Waals surface area contributed by atoms with Crippen molar-refractivity contribution in [2.45, 2.75) is 25.8 Å². The zero-order valence-electron chi connectivity index (χ0n) is 20.3. The monoisotopic (exact) mass is 463 g/mol. The Balaban J connectivity index is 1.95. The van der Waals surface area contributed by atoms with E-state index in [1.165, 1.54) is 17.0 Å². The topological polar surface area (TPSA) is 87.0 Å². The van der Waals surface area contributed by atoms with Crippen molar-refractivity contribution in [2.75, 3.05) is 40.8 Å². The summed E-state index contributed by atoms with van der Waals surface area (Å²) < 4.78 is 0. The first kappa shape index (κ1) is 25.1. The molecule has 2 aromatic rings. The zero-order valence-corrected chi connectivity index (χ0v) is 20.3. The molecule has 1 heterocycles. The van der Waals surface area contributed by atoms with E-state index in [-0.39, 0.29) is 23.4 Å². The molecule has 8 nitrogen and oxygen atoms in total. The molecular weight excluding hydrogens is 432 g/mol. The van der Waals surface area contributed by atoms with Crippen LogP contribution in [0.2, 0.25) is 0 Å². The van der Waals surface area contributed by atoms with Crippen molar-refractivity contribution in [3.05, 3.63) is 69.8 Å². The number of piperazine rings is 1. The summed E-state index contributed by atoms with van der Waals surface area (Å²) in [7, 11) is 5.28. The number of carbonyl (C=O) groups is 2. The van der Waals surface area contributed by atoms with E-state index >= 15 is 0 Å². The van der Waals surface area contributed by atoms with Crippen molar-refractivity contribution < 1.29 is 14.5 Å². The maximum atomic E-state index is 13.0. The number of hydrogen-bond acceptors (Lipinski definition) is 5. The Morgan fingerprint density at radius 3 is 2.56 bits per heavy atom. The second-order valence-electron chi connectivity index (χ2n) is 9.00. The molecular formula is C26H31N4O4. The fourth-order valence-corrected chi connectivity index (χ4v) is 4.20. The lowest BCUT2D eigenvalue weighted by Gasteiger charge is -2.39. The summed E-state index contributed by atoms with van der Waals surface area (Å²) in [4.78, 5) is 42.0. The highest BCUT2D eigenvalue weighted by atomic mass is 16.6. The van der Waals surface area contributed by atoms with E-state index in [9.17, 15) is 19.7 Å². The molecule has 0 saturated carbocycles. The summed E-state index contributed by atoms with van der Waals surface area (Å²) in [6.45, 7) is 5.46. The molecule has 0 aliphatic carbocycles. The molecule has 0 spiro atoms. The summed E-state index contributed by atoms with van der Waals surface area (Å²) in [6.07, 6.45) is 3.06. The highest BCUT2D eigenvalue weighted by Gasteiger charge is 2.32. The second-order valence-corrected chi connectivity index (χ2v) is 9.00. The summed E-state index contributed by atoms with van der Waals surface area (Å²) >= 11 is 0. The van der Waals surface area contributed by atoms with E-state index in [2.05, 4.69) is 6.07 Å². The van der Waals surface area contributed by atoms with Crippen LogP contribution in [-0.2, 0) is 9.59 Å². The molecule has 1 aliphatic rings. The minimum atomic E-state index is -0.441. The van der Waals surface area contributed by atoms with Gasteiger partial charge in [-0.15, -0.1) is 0 Å². The first-order valence-corrected chi connectivity index (χ1v) is 11.3. The minimum absolute atomic E-state index is 0.0502. The van der Waals surface area contributed by atoms with Gasteiger partial charge in [0.25, 0.3) is 5.69 Å². The van der Waals surface area contributed by atoms with Gasteiger partial charge in [-0.1, -0.05) is 44.2 Å². The Morgan fingerprint density at radius 1 is 1.21 bits per heavy atom. The van der Waals surface area contributed by atoms with Crippen LogP contribution in [0.3, 0.4) is 0 Å². The summed E-state index contributed by atoms with van der Waals surface area (Å²) in [6, 6.07) is 13.2. The van der Waals surface area contributed by atoms with Gasteiger partial charge in [-0.2, -0.15) is 0 Å². The van der Waals surface area contributed by atoms with Crippen LogP contribution in [0.25, 0.3) is 17.2 Å². The molecule has 0 aromatic heterocycles. The number of nitro benzene ring substituents is 1. The van der Waals surface area contributed by atoms with E-state index in [1.807, 2.05) is 50.1 Å². The van der Waals surface area contributed by atoms with Crippen molar-refractivity contribution in [1.29, 1.82) is 0 Å². The standard InChI is InChI=1S/C26H31N4O4/c1-18(2)20-10-6-7-11-21(20)25-19(9-8-12-22(25)30(33)34)13-14-24(31)29-16-15-28(5)23(17-29)26(32)27(3)4/h6-11,13-14,18,23H,15-17H2,1-5H3/b14-13+. The number of hydrogen-bond donors (Lipinski definition) is 0. The fraction of sp³-hybridized carbons (Fsp3) is 0.385. The lowest BCUT2D eigenvalue weighted by Crippen LogP contribution is -2.58. The van der Waals surface area contributed by atoms with Gasteiger partial charge in [-0.05, 0) is 41.8 Å². The number of carbonyl (C=O) groups excluding carboxylic acids is 2. The van der Waals surface area contributed by atoms with Crippen molar-refractivity contribution in [1.82, 2.24) is 14.7 Å². The predicted molar refractivity (Wildman–Crippen MR) is 132 cm³/mol. The molecule has 1 fully saturated rings. The maximum Gasteiger partial charge on any atom is 0.285 e. The van der Waals surface area contributed by atoms with Gasteiger partial charge in [0.05, 0.1) is 16.6 Å². The SMILES string of the molecule is CC(C)c1ccccc1-c1c([N+](=O)[O-])[c]ccc1/C=C/C(=O)N1CCN(C)C(C(=O)N(C)C)C1. The van der Waals surface area contributed by atoms with Crippen LogP contribution in [0.5, 0.6) is 0 Å². The molecule has 34 heavy (non-hydrogen) atoms. The van der Waals surface area contributed by atoms with Crippen LogP contribution in [0.15, 0.2) is 42.5 Å². The van der Waals surface area contributed by atoms with Crippen molar-refractivity contribution >= 4 is 23.6 Å². The number of nitrogens with zero attached hydrogens (tertiary/aromatic N) is 4. The highest BCUT2D eigenvalue weighted by molar-refractivity contribution is 5.95. The quantitative estimate of drug-likeness (QED) is 0.372. The molecule has 8 heteroatoms. The fourth-order valence-electron chi connectivity index (χ4n) is 4.20. The molecule has 1 unspecified atom stereocenters. The van der Waals surface area contributed by atoms with E-state index in [4.69, 9.17) is 0 Å². The number of benzene rings is 2. The lowest BCUT2D eigenvalue weighted by molar-refractivity contribution is -0.384. The highest BCUT2D eigenvalue weighted by Crippen LogP contribution is 2.38. The van der Waals surface area contributed by atoms with Gasteiger partial charge in [0, 0.05) is 39.8 Å². The summed E-state index contributed by atoms with van der Waals surface area (Å²) in [5.41, 5.74) is 2.63. The largest absolute Gasteiger partial charge is 0.347 e. The molecule has 2 aromatic carbocycles. The summed E-state index contributed by atoms with van der Waals surface area (Å²) in [5, 5.41) is 11.8. The van der Waals surface area contributed by atoms with Crippen LogP contribution in [0.4, 0.5) is 5.69 Å². The average molecular weight is 464 g/mol. The van der Waals surface area contributed by atoms with Crippen molar-refractivity contribution in [3.8, 4) is 11.1 Å². The average Bonchev–Trinajstić information content (AvgIpc) is 2.81. The Kier molecular flexibility index (Phi) is 7.83. The molecule has 1 atom stereocenters. The minimum Gasteiger partial charge on any atom is -0.347 e. The van der Waals surface area contributed by atoms with Gasteiger partial charge >= 0.3 is 0 Å². The molecule has 1 saturated heterocycles. The molecule has 3 rings (SSSR count). The Morgan fingerprint density at radius 2 is 1.91 bits per heavy atom. The Hall–Kier alpha value is -3.52. The van der Waals surface area contributed by atoms with E-state index in [0.29, 0.717) is 30.8 Å². The Bertz CT molecular complexity index is 1110. The van der Waals surface area contributed by atoms with Gasteiger partial charge in [0.1, 0.15) is 6.04 Å². The van der Waals surface area contributed by atoms with Gasteiger partial charge in [-0.25, -0.2) is 0 Å². The van der Waals surface area contributed by atoms with Crippen LogP contribution < -0.4 is 0 Å². The third-order valence-corrected chi connectivity index (χ3v) is 6.13. The van der Waals surface area contributed by atoms with Gasteiger partial charge < -0.3 is 9.80 Å². The van der Waals surface area contributed by atoms with E-state index < -0.39 is 11.0 Å². The van der Waals surface area contributed by atoms with Crippen molar-refractivity contribution in [2.24, 2.45) is 0 Å².